The fourth-order valence-corrected chi connectivity index (χ4v) is 4.79. The summed E-state index contributed by atoms with van der Waals surface area (Å²) in [4.78, 5) is 27.1. The van der Waals surface area contributed by atoms with Crippen molar-refractivity contribution in [2.75, 3.05) is 32.8 Å². The van der Waals surface area contributed by atoms with Gasteiger partial charge < -0.3 is 19.6 Å². The number of rotatable bonds is 5. The smallest absolute Gasteiger partial charge is 0.407 e. The first-order valence-corrected chi connectivity index (χ1v) is 11.3. The monoisotopic (exact) mass is 412 g/mol. The van der Waals surface area contributed by atoms with Crippen molar-refractivity contribution in [3.8, 4) is 5.75 Å². The topological polar surface area (TPSA) is 70.1 Å². The van der Waals surface area contributed by atoms with Gasteiger partial charge in [0.15, 0.2) is 0 Å². The lowest BCUT2D eigenvalue weighted by molar-refractivity contribution is -0.134. The first-order valence-electron chi connectivity index (χ1n) is 11.3. The summed E-state index contributed by atoms with van der Waals surface area (Å²) in [5.74, 6) is 1.77. The molecule has 1 aromatic carbocycles. The minimum Gasteiger partial charge on any atom is -0.493 e. The normalized spacial score (nSPS) is 22.7. The molecule has 6 heteroatoms. The summed E-state index contributed by atoms with van der Waals surface area (Å²) >= 11 is 0. The molecule has 4 rings (SSSR count). The van der Waals surface area contributed by atoms with Gasteiger partial charge >= 0.3 is 6.09 Å². The largest absolute Gasteiger partial charge is 0.493 e. The molecule has 1 N–H and O–H groups in total. The van der Waals surface area contributed by atoms with Crippen molar-refractivity contribution in [1.29, 1.82) is 0 Å². The maximum Gasteiger partial charge on any atom is 0.407 e. The molecule has 1 atom stereocenters. The van der Waals surface area contributed by atoms with E-state index in [1.165, 1.54) is 16.0 Å². The lowest BCUT2D eigenvalue weighted by Crippen LogP contribution is -2.38. The van der Waals surface area contributed by atoms with E-state index >= 15 is 0 Å². The van der Waals surface area contributed by atoms with Crippen LogP contribution in [0.25, 0.3) is 5.57 Å². The number of amides is 2. The number of ether oxygens (including phenoxy) is 1. The van der Waals surface area contributed by atoms with E-state index in [-0.39, 0.29) is 5.92 Å². The highest BCUT2D eigenvalue weighted by Gasteiger charge is 2.28. The predicted octanol–water partition coefficient (Wildman–Crippen LogP) is 4.26. The van der Waals surface area contributed by atoms with Crippen LogP contribution in [-0.4, -0.2) is 59.7 Å². The van der Waals surface area contributed by atoms with Gasteiger partial charge in [0.2, 0.25) is 5.91 Å². The van der Waals surface area contributed by atoms with Crippen LogP contribution in [0, 0.1) is 11.8 Å². The van der Waals surface area contributed by atoms with Crippen LogP contribution in [0.5, 0.6) is 5.75 Å². The third kappa shape index (κ3) is 4.97. The first kappa shape index (κ1) is 20.8. The SMILES string of the molecule is O=C(O)N1CCC(COc2ccc(C3=CCC(C(=O)N4CCCC4)CC3)cc2)CC1. The summed E-state index contributed by atoms with van der Waals surface area (Å²) in [5, 5.41) is 9.03. The third-order valence-electron chi connectivity index (χ3n) is 6.77. The zero-order valence-electron chi connectivity index (χ0n) is 17.6. The molecular weight excluding hydrogens is 380 g/mol. The summed E-state index contributed by atoms with van der Waals surface area (Å²) in [6.07, 6.45) is 8.16. The number of benzene rings is 1. The number of piperidine rings is 1. The molecule has 6 nitrogen and oxygen atoms in total. The zero-order chi connectivity index (χ0) is 20.9. The molecule has 3 aliphatic rings. The van der Waals surface area contributed by atoms with Crippen LogP contribution in [0.2, 0.25) is 0 Å². The fourth-order valence-electron chi connectivity index (χ4n) is 4.79. The molecule has 0 radical (unpaired) electrons. The fraction of sp³-hybridized carbons (Fsp3) is 0.583. The predicted molar refractivity (Wildman–Crippen MR) is 115 cm³/mol. The van der Waals surface area contributed by atoms with E-state index in [0.717, 1.165) is 63.8 Å². The van der Waals surface area contributed by atoms with Gasteiger partial charge in [0.1, 0.15) is 5.75 Å². The van der Waals surface area contributed by atoms with Gasteiger partial charge in [-0.25, -0.2) is 4.79 Å². The number of allylic oxidation sites excluding steroid dienone is 2. The van der Waals surface area contributed by atoms with Gasteiger partial charge in [-0.2, -0.15) is 0 Å². The van der Waals surface area contributed by atoms with Gasteiger partial charge in [0.25, 0.3) is 0 Å². The van der Waals surface area contributed by atoms with E-state index in [2.05, 4.69) is 18.2 Å². The van der Waals surface area contributed by atoms with Crippen LogP contribution in [0.15, 0.2) is 30.3 Å². The van der Waals surface area contributed by atoms with Crippen molar-refractivity contribution in [3.63, 3.8) is 0 Å². The Labute approximate surface area is 178 Å². The molecule has 1 unspecified atom stereocenters. The molecule has 2 saturated heterocycles. The van der Waals surface area contributed by atoms with Crippen molar-refractivity contribution < 1.29 is 19.4 Å². The van der Waals surface area contributed by atoms with Gasteiger partial charge in [-0.05, 0) is 74.1 Å². The molecule has 1 aromatic rings. The van der Waals surface area contributed by atoms with Crippen molar-refractivity contribution in [3.05, 3.63) is 35.9 Å². The maximum atomic E-state index is 12.6. The third-order valence-corrected chi connectivity index (χ3v) is 6.77. The summed E-state index contributed by atoms with van der Waals surface area (Å²) < 4.78 is 5.95. The second-order valence-electron chi connectivity index (χ2n) is 8.78. The lowest BCUT2D eigenvalue weighted by atomic mass is 9.86. The Morgan fingerprint density at radius 3 is 2.27 bits per heavy atom. The maximum absolute atomic E-state index is 12.6. The number of hydrogen-bond donors (Lipinski definition) is 1. The Morgan fingerprint density at radius 1 is 0.967 bits per heavy atom. The Balaban J connectivity index is 1.25. The number of nitrogens with zero attached hydrogens (tertiary/aromatic N) is 2. The van der Waals surface area contributed by atoms with Crippen molar-refractivity contribution >= 4 is 17.6 Å². The number of likely N-dealkylation sites (tertiary alicyclic amines) is 2. The summed E-state index contributed by atoms with van der Waals surface area (Å²) in [6, 6.07) is 8.25. The Kier molecular flexibility index (Phi) is 6.60. The Hall–Kier alpha value is -2.50. The van der Waals surface area contributed by atoms with Crippen LogP contribution in [0.4, 0.5) is 4.79 Å². The number of carbonyl (C=O) groups is 2. The summed E-state index contributed by atoms with van der Waals surface area (Å²) in [5.41, 5.74) is 2.54. The number of hydrogen-bond acceptors (Lipinski definition) is 3. The molecule has 2 fully saturated rings. The van der Waals surface area contributed by atoms with E-state index in [4.69, 9.17) is 9.84 Å². The molecule has 2 heterocycles. The van der Waals surface area contributed by atoms with Gasteiger partial charge in [-0.1, -0.05) is 18.2 Å². The van der Waals surface area contributed by atoms with E-state index in [9.17, 15) is 9.59 Å². The highest BCUT2D eigenvalue weighted by molar-refractivity contribution is 5.81. The zero-order valence-corrected chi connectivity index (χ0v) is 17.6. The standard InChI is InChI=1S/C24H32N2O4/c27-23(25-13-1-2-14-25)21-5-3-19(4-6-21)20-7-9-22(10-8-20)30-17-18-11-15-26(16-12-18)24(28)29/h3,7-10,18,21H,1-2,4-6,11-17H2,(H,28,29). The Morgan fingerprint density at radius 2 is 1.67 bits per heavy atom. The minimum absolute atomic E-state index is 0.155. The highest BCUT2D eigenvalue weighted by atomic mass is 16.5. The molecule has 162 valence electrons. The van der Waals surface area contributed by atoms with Crippen molar-refractivity contribution in [2.45, 2.75) is 44.9 Å². The first-order chi connectivity index (χ1) is 14.6. The quantitative estimate of drug-likeness (QED) is 0.784. The van der Waals surface area contributed by atoms with Crippen molar-refractivity contribution in [2.24, 2.45) is 11.8 Å². The van der Waals surface area contributed by atoms with Crippen LogP contribution in [0.1, 0.15) is 50.5 Å². The average Bonchev–Trinajstić information content (AvgIpc) is 3.33. The molecule has 30 heavy (non-hydrogen) atoms. The van der Waals surface area contributed by atoms with E-state index < -0.39 is 6.09 Å². The summed E-state index contributed by atoms with van der Waals surface area (Å²) in [6.45, 7) is 3.70. The average molecular weight is 413 g/mol. The molecule has 2 aliphatic heterocycles. The molecule has 0 bridgehead atoms. The Bertz CT molecular complexity index is 775. The summed E-state index contributed by atoms with van der Waals surface area (Å²) in [7, 11) is 0. The molecule has 1 aliphatic carbocycles. The van der Waals surface area contributed by atoms with Gasteiger partial charge in [-0.15, -0.1) is 0 Å². The van der Waals surface area contributed by atoms with E-state index in [1.807, 2.05) is 17.0 Å². The van der Waals surface area contributed by atoms with Gasteiger partial charge in [0, 0.05) is 32.1 Å². The highest BCUT2D eigenvalue weighted by Crippen LogP contribution is 2.32. The number of carbonyl (C=O) groups excluding carboxylic acids is 1. The lowest BCUT2D eigenvalue weighted by Gasteiger charge is -2.29. The molecule has 0 aromatic heterocycles. The van der Waals surface area contributed by atoms with Crippen LogP contribution in [-0.2, 0) is 4.79 Å². The second-order valence-corrected chi connectivity index (χ2v) is 8.78. The molecule has 2 amide bonds. The van der Waals surface area contributed by atoms with Crippen LogP contribution in [0.3, 0.4) is 0 Å². The number of carboxylic acid groups (broad SMARTS) is 1. The van der Waals surface area contributed by atoms with E-state index in [0.29, 0.717) is 31.5 Å². The van der Waals surface area contributed by atoms with Crippen molar-refractivity contribution in [1.82, 2.24) is 9.80 Å². The van der Waals surface area contributed by atoms with Gasteiger partial charge in [0.05, 0.1) is 6.61 Å². The molecule has 0 saturated carbocycles. The molecule has 0 spiro atoms. The molecular formula is C24H32N2O4. The van der Waals surface area contributed by atoms with Gasteiger partial charge in [-0.3, -0.25) is 4.79 Å². The minimum atomic E-state index is -0.825. The van der Waals surface area contributed by atoms with Crippen LogP contribution < -0.4 is 4.74 Å². The van der Waals surface area contributed by atoms with E-state index in [1.54, 1.807) is 0 Å². The second kappa shape index (κ2) is 9.54. The van der Waals surface area contributed by atoms with Crippen LogP contribution >= 0.6 is 0 Å².